The van der Waals surface area contributed by atoms with Crippen LogP contribution < -0.4 is 0 Å². The predicted octanol–water partition coefficient (Wildman–Crippen LogP) is 5.56. The van der Waals surface area contributed by atoms with E-state index in [1.807, 2.05) is 73.7 Å². The molecule has 1 heterocycles. The van der Waals surface area contributed by atoms with Gasteiger partial charge in [-0.3, -0.25) is 0 Å². The summed E-state index contributed by atoms with van der Waals surface area (Å²) in [5.41, 5.74) is 3.85. The lowest BCUT2D eigenvalue weighted by molar-refractivity contribution is 0.368. The third kappa shape index (κ3) is 4.74. The van der Waals surface area contributed by atoms with Crippen molar-refractivity contribution in [1.82, 2.24) is 4.31 Å². The Morgan fingerprint density at radius 3 is 2.03 bits per heavy atom. The lowest BCUT2D eigenvalue weighted by atomic mass is 9.88. The summed E-state index contributed by atoms with van der Waals surface area (Å²) in [6, 6.07) is 24.8. The molecule has 0 N–H and O–H groups in total. The molecule has 0 spiro atoms. The van der Waals surface area contributed by atoms with Gasteiger partial charge in [-0.15, -0.1) is 0 Å². The molecule has 1 saturated heterocycles. The largest absolute Gasteiger partial charge is 0.243 e. The van der Waals surface area contributed by atoms with E-state index in [0.29, 0.717) is 11.4 Å². The standard InChI is InChI=1S/C27H27NO2S/c1-21-9-17-25(18-10-21)31(29,30)28-20-27(2,3)19-26(28)24-15-13-23(14-16-24)12-11-22-7-5-4-6-8-22/h4-10,13-18,26H,19-20H2,1-3H3. The molecule has 1 unspecified atom stereocenters. The van der Waals surface area contributed by atoms with Crippen molar-refractivity contribution in [3.05, 3.63) is 101 Å². The first-order valence-electron chi connectivity index (χ1n) is 10.5. The van der Waals surface area contributed by atoms with Crippen LogP contribution >= 0.6 is 0 Å². The Hall–Kier alpha value is -2.87. The monoisotopic (exact) mass is 429 g/mol. The molecule has 31 heavy (non-hydrogen) atoms. The van der Waals surface area contributed by atoms with Gasteiger partial charge in [0.2, 0.25) is 10.0 Å². The molecule has 0 aromatic heterocycles. The van der Waals surface area contributed by atoms with E-state index in [1.54, 1.807) is 16.4 Å². The molecular formula is C27H27NO2S. The summed E-state index contributed by atoms with van der Waals surface area (Å²) in [5, 5.41) is 0. The number of sulfonamides is 1. The van der Waals surface area contributed by atoms with Gasteiger partial charge in [0.25, 0.3) is 0 Å². The molecule has 3 nitrogen and oxygen atoms in total. The number of benzene rings is 3. The van der Waals surface area contributed by atoms with E-state index in [1.165, 1.54) is 0 Å². The van der Waals surface area contributed by atoms with Gasteiger partial charge >= 0.3 is 0 Å². The molecule has 3 aromatic carbocycles. The van der Waals surface area contributed by atoms with Crippen molar-refractivity contribution in [2.45, 2.75) is 38.1 Å². The van der Waals surface area contributed by atoms with Gasteiger partial charge in [0.1, 0.15) is 0 Å². The molecule has 1 aliphatic heterocycles. The maximum absolute atomic E-state index is 13.4. The van der Waals surface area contributed by atoms with Crippen LogP contribution in [0.5, 0.6) is 0 Å². The number of hydrogen-bond acceptors (Lipinski definition) is 2. The summed E-state index contributed by atoms with van der Waals surface area (Å²) in [6.45, 7) is 6.72. The molecule has 0 radical (unpaired) electrons. The predicted molar refractivity (Wildman–Crippen MR) is 125 cm³/mol. The fraction of sp³-hybridized carbons (Fsp3) is 0.259. The molecule has 1 atom stereocenters. The van der Waals surface area contributed by atoms with Crippen molar-refractivity contribution in [3.8, 4) is 11.8 Å². The molecule has 3 aromatic rings. The number of aryl methyl sites for hydroxylation is 1. The van der Waals surface area contributed by atoms with E-state index in [0.717, 1.165) is 28.7 Å². The van der Waals surface area contributed by atoms with Crippen molar-refractivity contribution >= 4 is 10.0 Å². The first-order valence-corrected chi connectivity index (χ1v) is 11.9. The van der Waals surface area contributed by atoms with E-state index in [9.17, 15) is 8.42 Å². The summed E-state index contributed by atoms with van der Waals surface area (Å²) < 4.78 is 28.6. The average molecular weight is 430 g/mol. The van der Waals surface area contributed by atoms with Crippen LogP contribution in [0.15, 0.2) is 83.8 Å². The first-order chi connectivity index (χ1) is 14.7. The minimum atomic E-state index is -3.57. The second kappa shape index (κ2) is 8.34. The highest BCUT2D eigenvalue weighted by Crippen LogP contribution is 2.45. The van der Waals surface area contributed by atoms with E-state index >= 15 is 0 Å². The van der Waals surface area contributed by atoms with Crippen LogP contribution in [-0.4, -0.2) is 19.3 Å². The molecule has 4 heteroatoms. The Balaban J connectivity index is 1.62. The maximum atomic E-state index is 13.4. The van der Waals surface area contributed by atoms with Gasteiger partial charge < -0.3 is 0 Å². The molecule has 158 valence electrons. The Labute approximate surface area is 185 Å². The summed E-state index contributed by atoms with van der Waals surface area (Å²) in [5.74, 6) is 6.35. The topological polar surface area (TPSA) is 37.4 Å². The fourth-order valence-electron chi connectivity index (χ4n) is 4.06. The van der Waals surface area contributed by atoms with Crippen LogP contribution in [-0.2, 0) is 10.0 Å². The molecule has 0 aliphatic carbocycles. The highest BCUT2D eigenvalue weighted by Gasteiger charge is 2.44. The maximum Gasteiger partial charge on any atom is 0.243 e. The van der Waals surface area contributed by atoms with Crippen molar-refractivity contribution in [1.29, 1.82) is 0 Å². The van der Waals surface area contributed by atoms with Gasteiger partial charge in [0, 0.05) is 17.7 Å². The van der Waals surface area contributed by atoms with Crippen LogP contribution in [0.2, 0.25) is 0 Å². The Morgan fingerprint density at radius 2 is 1.42 bits per heavy atom. The van der Waals surface area contributed by atoms with Crippen LogP contribution in [0.3, 0.4) is 0 Å². The van der Waals surface area contributed by atoms with E-state index in [4.69, 9.17) is 0 Å². The molecule has 4 rings (SSSR count). The highest BCUT2D eigenvalue weighted by molar-refractivity contribution is 7.89. The summed E-state index contributed by atoms with van der Waals surface area (Å²) in [6.07, 6.45) is 0.785. The summed E-state index contributed by atoms with van der Waals surface area (Å²) in [4.78, 5) is 0.353. The molecule has 0 bridgehead atoms. The highest BCUT2D eigenvalue weighted by atomic mass is 32.2. The number of hydrogen-bond donors (Lipinski definition) is 0. The smallest absolute Gasteiger partial charge is 0.207 e. The number of rotatable bonds is 3. The second-order valence-corrected chi connectivity index (χ2v) is 10.9. The molecule has 1 aliphatic rings. The third-order valence-corrected chi connectivity index (χ3v) is 7.59. The normalized spacial score (nSPS) is 18.4. The van der Waals surface area contributed by atoms with Crippen LogP contribution in [0.25, 0.3) is 0 Å². The molecule has 0 saturated carbocycles. The minimum absolute atomic E-state index is 0.0891. The molecular weight excluding hydrogens is 402 g/mol. The third-order valence-electron chi connectivity index (χ3n) is 5.73. The zero-order chi connectivity index (χ0) is 22.1. The van der Waals surface area contributed by atoms with E-state index in [2.05, 4.69) is 25.7 Å². The van der Waals surface area contributed by atoms with Gasteiger partial charge in [0.05, 0.1) is 10.9 Å². The SMILES string of the molecule is Cc1ccc(S(=O)(=O)N2CC(C)(C)CC2c2ccc(C#Cc3ccccc3)cc2)cc1. The average Bonchev–Trinajstić information content (AvgIpc) is 3.10. The van der Waals surface area contributed by atoms with Gasteiger partial charge in [-0.2, -0.15) is 4.31 Å². The van der Waals surface area contributed by atoms with Crippen molar-refractivity contribution < 1.29 is 8.42 Å². The lowest BCUT2D eigenvalue weighted by Crippen LogP contribution is -2.32. The summed E-state index contributed by atoms with van der Waals surface area (Å²) >= 11 is 0. The van der Waals surface area contributed by atoms with Crippen molar-refractivity contribution in [2.24, 2.45) is 5.41 Å². The van der Waals surface area contributed by atoms with Gasteiger partial charge in [-0.25, -0.2) is 8.42 Å². The van der Waals surface area contributed by atoms with Crippen molar-refractivity contribution in [2.75, 3.05) is 6.54 Å². The Bertz CT molecular complexity index is 1220. The van der Waals surface area contributed by atoms with E-state index < -0.39 is 10.0 Å². The summed E-state index contributed by atoms with van der Waals surface area (Å²) in [7, 11) is -3.57. The fourth-order valence-corrected chi connectivity index (χ4v) is 5.86. The number of nitrogens with zero attached hydrogens (tertiary/aromatic N) is 1. The van der Waals surface area contributed by atoms with Gasteiger partial charge in [-0.1, -0.05) is 73.7 Å². The molecule has 1 fully saturated rings. The molecule has 0 amide bonds. The lowest BCUT2D eigenvalue weighted by Gasteiger charge is -2.24. The zero-order valence-corrected chi connectivity index (χ0v) is 19.0. The quantitative estimate of drug-likeness (QED) is 0.512. The first kappa shape index (κ1) is 21.4. The van der Waals surface area contributed by atoms with Crippen LogP contribution in [0.4, 0.5) is 0 Å². The second-order valence-electron chi connectivity index (χ2n) is 8.99. The zero-order valence-electron chi connectivity index (χ0n) is 18.2. The van der Waals surface area contributed by atoms with Gasteiger partial charge in [0.15, 0.2) is 0 Å². The van der Waals surface area contributed by atoms with Crippen LogP contribution in [0.1, 0.15) is 48.6 Å². The van der Waals surface area contributed by atoms with Gasteiger partial charge in [-0.05, 0) is 60.7 Å². The van der Waals surface area contributed by atoms with Crippen molar-refractivity contribution in [3.63, 3.8) is 0 Å². The Morgan fingerprint density at radius 1 is 0.839 bits per heavy atom. The Kier molecular flexibility index (Phi) is 5.75. The minimum Gasteiger partial charge on any atom is -0.207 e. The van der Waals surface area contributed by atoms with E-state index in [-0.39, 0.29) is 11.5 Å². The van der Waals surface area contributed by atoms with Crippen LogP contribution in [0, 0.1) is 24.2 Å².